The Bertz CT molecular complexity index is 3190. The summed E-state index contributed by atoms with van der Waals surface area (Å²) in [6.07, 6.45) is 5.38. The molecular weight excluding hydrogens is 692 g/mol. The molecule has 0 atom stereocenters. The van der Waals surface area contributed by atoms with Crippen LogP contribution in [0.1, 0.15) is 0 Å². The van der Waals surface area contributed by atoms with Crippen LogP contribution in [0.2, 0.25) is 0 Å². The molecule has 56 heavy (non-hydrogen) atoms. The van der Waals surface area contributed by atoms with Crippen LogP contribution < -0.4 is 15.9 Å². The van der Waals surface area contributed by atoms with E-state index in [-0.39, 0.29) is 0 Å². The van der Waals surface area contributed by atoms with E-state index in [1.165, 1.54) is 103 Å². The third-order valence-corrected chi connectivity index (χ3v) is 15.5. The van der Waals surface area contributed by atoms with Gasteiger partial charge in [-0.25, -0.2) is 0 Å². The lowest BCUT2D eigenvalue weighted by molar-refractivity contribution is 1.71. The predicted molar refractivity (Wildman–Crippen MR) is 248 cm³/mol. The summed E-state index contributed by atoms with van der Waals surface area (Å²) in [7, 11) is 0. The number of benzene rings is 11. The lowest BCUT2D eigenvalue weighted by Crippen LogP contribution is -2.26. The first kappa shape index (κ1) is 32.7. The highest BCUT2D eigenvalue weighted by atomic mass is 31.2. The third kappa shape index (κ3) is 4.93. The molecule has 0 aliphatic rings. The van der Waals surface area contributed by atoms with Gasteiger partial charge in [0.25, 0.3) is 0 Å². The largest absolute Gasteiger partial charge is 0.0886 e. The van der Waals surface area contributed by atoms with Crippen LogP contribution in [0, 0.1) is 0 Å². The first-order chi connectivity index (χ1) is 27.7. The van der Waals surface area contributed by atoms with Gasteiger partial charge in [0, 0.05) is 0 Å². The fourth-order valence-electron chi connectivity index (χ4n) is 9.35. The van der Waals surface area contributed by atoms with Crippen molar-refractivity contribution in [2.24, 2.45) is 0 Å². The summed E-state index contributed by atoms with van der Waals surface area (Å²) < 4.78 is 0. The van der Waals surface area contributed by atoms with Crippen LogP contribution in [0.25, 0.3) is 86.9 Å². The van der Waals surface area contributed by atoms with Gasteiger partial charge in [-0.1, -0.05) is 206 Å². The van der Waals surface area contributed by atoms with E-state index in [0.717, 1.165) is 0 Å². The Kier molecular flexibility index (Phi) is 7.56. The molecule has 11 aromatic rings. The maximum absolute atomic E-state index is 5.38. The van der Waals surface area contributed by atoms with Crippen LogP contribution in [-0.4, -0.2) is 6.30 Å². The van der Waals surface area contributed by atoms with Gasteiger partial charge in [0.15, 0.2) is 0 Å². The van der Waals surface area contributed by atoms with E-state index in [9.17, 15) is 0 Å². The fourth-order valence-corrected chi connectivity index (χ4v) is 12.7. The average Bonchev–Trinajstić information content (AvgIpc) is 3.28. The molecule has 0 bridgehead atoms. The Morgan fingerprint density at radius 3 is 1.00 bits per heavy atom. The normalized spacial score (nSPS) is 12.0. The van der Waals surface area contributed by atoms with E-state index in [4.69, 9.17) is 6.30 Å². The van der Waals surface area contributed by atoms with Gasteiger partial charge in [0.2, 0.25) is 0 Å². The Labute approximate surface area is 326 Å². The quantitative estimate of drug-likeness (QED) is 0.122. The molecule has 11 aromatic carbocycles. The molecule has 0 aliphatic carbocycles. The Morgan fingerprint density at radius 2 is 0.571 bits per heavy atom. The zero-order chi connectivity index (χ0) is 37.2. The molecule has 0 aromatic heterocycles. The van der Waals surface area contributed by atoms with Gasteiger partial charge in [-0.3, -0.25) is 0 Å². The van der Waals surface area contributed by atoms with Crippen LogP contribution in [0.15, 0.2) is 212 Å². The minimum Gasteiger partial charge on any atom is -0.0886 e. The maximum Gasteiger partial charge on any atom is -0.00867 e. The first-order valence-corrected chi connectivity index (χ1v) is 21.3. The van der Waals surface area contributed by atoms with Crippen molar-refractivity contribution in [1.29, 1.82) is 0 Å². The molecule has 1 heteroatoms. The summed E-state index contributed by atoms with van der Waals surface area (Å²) in [5, 5.41) is 19.0. The molecule has 0 amide bonds. The molecule has 11 rings (SSSR count). The molecule has 0 nitrogen and oxygen atoms in total. The average molecular weight is 729 g/mol. The molecule has 0 unspecified atom stereocenters. The van der Waals surface area contributed by atoms with E-state index < -0.39 is 6.89 Å². The van der Waals surface area contributed by atoms with Crippen LogP contribution in [0.4, 0.5) is 0 Å². The lowest BCUT2D eigenvalue weighted by atomic mass is 9.91. The monoisotopic (exact) mass is 728 g/mol. The summed E-state index contributed by atoms with van der Waals surface area (Å²) in [6.45, 7) is -2.46. The smallest absolute Gasteiger partial charge is 0.00867 e. The van der Waals surface area contributed by atoms with Gasteiger partial charge >= 0.3 is 0 Å². The van der Waals surface area contributed by atoms with Crippen molar-refractivity contribution < 1.29 is 0 Å². The minimum absolute atomic E-state index is 1.24. The molecule has 0 saturated carbocycles. The van der Waals surface area contributed by atoms with Crippen molar-refractivity contribution in [2.45, 2.75) is 0 Å². The molecule has 0 aliphatic heterocycles. The van der Waals surface area contributed by atoms with E-state index in [0.29, 0.717) is 0 Å². The van der Waals surface area contributed by atoms with E-state index in [1.54, 1.807) is 0 Å². The van der Waals surface area contributed by atoms with Gasteiger partial charge < -0.3 is 0 Å². The van der Waals surface area contributed by atoms with Gasteiger partial charge in [-0.2, -0.15) is 0 Å². The molecule has 0 fully saturated rings. The number of fused-ring (bicyclic) bond motifs is 8. The van der Waals surface area contributed by atoms with Crippen molar-refractivity contribution in [3.8, 4) is 22.3 Å². The van der Waals surface area contributed by atoms with Crippen LogP contribution in [0.5, 0.6) is 0 Å². The Balaban J connectivity index is 1.19. The van der Waals surface area contributed by atoms with Gasteiger partial charge in [0.1, 0.15) is 0 Å². The second kappa shape index (κ2) is 13.0. The zero-order valence-electron chi connectivity index (χ0n) is 30.9. The second-order valence-corrected chi connectivity index (χ2v) is 18.0. The molecule has 0 radical (unpaired) electrons. The fraction of sp³-hybridized carbons (Fsp3) is 0. The minimum atomic E-state index is -2.46. The highest BCUT2D eigenvalue weighted by Gasteiger charge is 2.28. The molecule has 0 saturated heterocycles. The summed E-state index contributed by atoms with van der Waals surface area (Å²) >= 11 is 0. The van der Waals surface area contributed by atoms with Crippen molar-refractivity contribution in [2.75, 3.05) is 0 Å². The Hall–Kier alpha value is -6.72. The molecular formula is C55H37P. The van der Waals surface area contributed by atoms with E-state index in [2.05, 4.69) is 212 Å². The predicted octanol–water partition coefficient (Wildman–Crippen LogP) is 13.7. The molecule has 0 heterocycles. The Morgan fingerprint density at radius 1 is 0.250 bits per heavy atom. The van der Waals surface area contributed by atoms with E-state index in [1.807, 2.05) is 0 Å². The summed E-state index contributed by atoms with van der Waals surface area (Å²) in [4.78, 5) is 0. The molecule has 0 N–H and O–H groups in total. The standard InChI is InChI=1S/C55H37P/c1-56(39-19-3-2-4-20-39,54-33-31-48(44-25-13-15-29-50(44)54)52-35-37-17-5-7-21-40(37)42-23-9-11-27-46(42)52)55-34-32-49(45-26-14-16-30-51(45)55)53-36-38-18-6-8-22-41(38)43-24-10-12-28-47(43)53/h2-36H,1H2. The number of rotatable bonds is 5. The molecule has 0 spiro atoms. The second-order valence-electron chi connectivity index (χ2n) is 14.9. The third-order valence-electron chi connectivity index (χ3n) is 11.9. The summed E-state index contributed by atoms with van der Waals surface area (Å²) in [6, 6.07) is 78.5. The topological polar surface area (TPSA) is 0 Å². The number of hydrogen-bond acceptors (Lipinski definition) is 0. The zero-order valence-corrected chi connectivity index (χ0v) is 31.8. The summed E-state index contributed by atoms with van der Waals surface area (Å²) in [5.41, 5.74) is 5.00. The highest BCUT2D eigenvalue weighted by molar-refractivity contribution is 7.94. The van der Waals surface area contributed by atoms with E-state index >= 15 is 0 Å². The lowest BCUT2D eigenvalue weighted by Gasteiger charge is -2.30. The van der Waals surface area contributed by atoms with Crippen molar-refractivity contribution in [3.63, 3.8) is 0 Å². The van der Waals surface area contributed by atoms with Crippen LogP contribution in [-0.2, 0) is 0 Å². The highest BCUT2D eigenvalue weighted by Crippen LogP contribution is 2.49. The van der Waals surface area contributed by atoms with Gasteiger partial charge in [0.05, 0.1) is 0 Å². The van der Waals surface area contributed by atoms with Crippen LogP contribution >= 0.6 is 6.89 Å². The van der Waals surface area contributed by atoms with Crippen molar-refractivity contribution in [1.82, 2.24) is 0 Å². The first-order valence-electron chi connectivity index (χ1n) is 19.3. The van der Waals surface area contributed by atoms with Gasteiger partial charge in [-0.05, 0) is 122 Å². The number of hydrogen-bond donors (Lipinski definition) is 0. The van der Waals surface area contributed by atoms with Crippen molar-refractivity contribution >= 4 is 93.7 Å². The maximum atomic E-state index is 5.38. The SMILES string of the molecule is C=P(c1ccccc1)(c1ccc(-c2cc3ccccc3c3ccccc23)c2ccccc12)c1ccc(-c2cc3ccccc3c3ccccc23)c2ccccc12. The summed E-state index contributed by atoms with van der Waals surface area (Å²) in [5.74, 6) is 0. The van der Waals surface area contributed by atoms with Gasteiger partial charge in [-0.15, -0.1) is 0 Å². The van der Waals surface area contributed by atoms with Crippen molar-refractivity contribution in [3.05, 3.63) is 212 Å². The van der Waals surface area contributed by atoms with Crippen LogP contribution in [0.3, 0.4) is 0 Å². The molecule has 262 valence electrons.